The number of piperidine rings is 1. The Morgan fingerprint density at radius 3 is 2.50 bits per heavy atom. The van der Waals surface area contributed by atoms with Gasteiger partial charge in [0.15, 0.2) is 0 Å². The molecule has 11 heteroatoms. The molecule has 1 aliphatic heterocycles. The van der Waals surface area contributed by atoms with Crippen molar-refractivity contribution < 1.29 is 14.3 Å². The third kappa shape index (κ3) is 5.38. The summed E-state index contributed by atoms with van der Waals surface area (Å²) in [5.41, 5.74) is 14.5. The first-order chi connectivity index (χ1) is 19.3. The Balaban J connectivity index is 1.49. The summed E-state index contributed by atoms with van der Waals surface area (Å²) in [5.74, 6) is -0.136. The van der Waals surface area contributed by atoms with Crippen LogP contribution in [0.1, 0.15) is 62.4 Å². The van der Waals surface area contributed by atoms with Gasteiger partial charge in [0.05, 0.1) is 29.6 Å². The van der Waals surface area contributed by atoms with Gasteiger partial charge < -0.3 is 31.0 Å². The van der Waals surface area contributed by atoms with E-state index in [0.717, 1.165) is 31.4 Å². The highest BCUT2D eigenvalue weighted by molar-refractivity contribution is 5.98. The first-order valence-electron chi connectivity index (χ1n) is 14.0. The molecular formula is C29H38N8O3. The van der Waals surface area contributed by atoms with Crippen LogP contribution in [0, 0.1) is 10.8 Å². The number of amides is 1. The van der Waals surface area contributed by atoms with Crippen LogP contribution >= 0.6 is 0 Å². The van der Waals surface area contributed by atoms with Crippen molar-refractivity contribution in [3.8, 4) is 0 Å². The van der Waals surface area contributed by atoms with Crippen molar-refractivity contribution in [1.29, 1.82) is 5.41 Å². The molecule has 0 bridgehead atoms. The minimum absolute atomic E-state index is 0.0237. The molecule has 1 aliphatic carbocycles. The number of pyridine rings is 1. The molecule has 2 aromatic heterocycles. The maximum Gasteiger partial charge on any atom is 0.313 e. The summed E-state index contributed by atoms with van der Waals surface area (Å²) in [7, 11) is 1.38. The number of esters is 1. The quantitative estimate of drug-likeness (QED) is 0.190. The lowest BCUT2D eigenvalue weighted by Crippen LogP contribution is -2.51. The SMILES string of the molecule is COC(=O)C1(C(N)c2nc3cc(C(=N)N)ccc3n2CC(=O)NC2CCCCC2)CCN(c2ccncc2)CC1. The number of nitrogens with one attached hydrogen (secondary N) is 2. The molecule has 212 valence electrons. The number of hydrogen-bond acceptors (Lipinski definition) is 8. The minimum Gasteiger partial charge on any atom is -0.469 e. The van der Waals surface area contributed by atoms with Crippen molar-refractivity contribution in [2.75, 3.05) is 25.1 Å². The lowest BCUT2D eigenvalue weighted by atomic mass is 9.72. The van der Waals surface area contributed by atoms with Crippen LogP contribution in [0.3, 0.4) is 0 Å². The highest BCUT2D eigenvalue weighted by atomic mass is 16.5. The monoisotopic (exact) mass is 546 g/mol. The maximum absolute atomic E-state index is 13.4. The van der Waals surface area contributed by atoms with E-state index in [0.29, 0.717) is 48.4 Å². The number of nitrogen functional groups attached to an aromatic ring is 1. The Morgan fingerprint density at radius 2 is 1.85 bits per heavy atom. The largest absolute Gasteiger partial charge is 0.469 e. The van der Waals surface area contributed by atoms with Gasteiger partial charge in [-0.05, 0) is 56.0 Å². The Morgan fingerprint density at radius 1 is 1.15 bits per heavy atom. The molecule has 2 aliphatic rings. The number of anilines is 1. The number of fused-ring (bicyclic) bond motifs is 1. The fourth-order valence-electron chi connectivity index (χ4n) is 6.19. The lowest BCUT2D eigenvalue weighted by molar-refractivity contribution is -0.156. The molecule has 0 spiro atoms. The molecule has 1 atom stereocenters. The third-order valence-electron chi connectivity index (χ3n) is 8.51. The number of carbonyl (C=O) groups excluding carboxylic acids is 2. The fraction of sp³-hybridized carbons (Fsp3) is 0.483. The van der Waals surface area contributed by atoms with E-state index in [4.69, 9.17) is 26.6 Å². The van der Waals surface area contributed by atoms with E-state index in [1.54, 1.807) is 30.6 Å². The predicted octanol–water partition coefficient (Wildman–Crippen LogP) is 2.62. The summed E-state index contributed by atoms with van der Waals surface area (Å²) in [5, 5.41) is 11.0. The van der Waals surface area contributed by atoms with Gasteiger partial charge in [-0.2, -0.15) is 0 Å². The smallest absolute Gasteiger partial charge is 0.313 e. The van der Waals surface area contributed by atoms with Crippen LogP contribution in [0.25, 0.3) is 11.0 Å². The average Bonchev–Trinajstić information content (AvgIpc) is 3.34. The topological polar surface area (TPSA) is 165 Å². The number of hydrogen-bond donors (Lipinski definition) is 4. The Kier molecular flexibility index (Phi) is 8.02. The summed E-state index contributed by atoms with van der Waals surface area (Å²) in [6.07, 6.45) is 9.79. The second-order valence-electron chi connectivity index (χ2n) is 10.9. The number of ether oxygens (including phenoxy) is 1. The van der Waals surface area contributed by atoms with Gasteiger partial charge in [0.2, 0.25) is 5.91 Å². The van der Waals surface area contributed by atoms with E-state index in [2.05, 4.69) is 15.2 Å². The standard InChI is InChI=1S/C29H38N8O3/c1-40-28(39)29(11-15-36(16-12-29)21-9-13-33-14-10-21)25(30)27-35-22-17-19(26(31)32)7-8-23(22)37(27)18-24(38)34-20-5-3-2-4-6-20/h7-10,13-14,17,20,25H,2-6,11-12,15-16,18,30H2,1H3,(H3,31,32)(H,34,38). The molecule has 1 unspecified atom stereocenters. The van der Waals surface area contributed by atoms with Gasteiger partial charge in [-0.25, -0.2) is 4.98 Å². The van der Waals surface area contributed by atoms with Gasteiger partial charge in [0.25, 0.3) is 0 Å². The van der Waals surface area contributed by atoms with Crippen molar-refractivity contribution in [2.45, 2.75) is 63.6 Å². The summed E-state index contributed by atoms with van der Waals surface area (Å²) in [6.45, 7) is 1.23. The number of rotatable bonds is 8. The van der Waals surface area contributed by atoms with Gasteiger partial charge in [0.1, 0.15) is 18.2 Å². The molecule has 1 aromatic carbocycles. The molecule has 3 heterocycles. The minimum atomic E-state index is -1.03. The van der Waals surface area contributed by atoms with Gasteiger partial charge >= 0.3 is 5.97 Å². The van der Waals surface area contributed by atoms with Crippen molar-refractivity contribution >= 4 is 34.4 Å². The Labute approximate surface area is 233 Å². The number of nitrogens with zero attached hydrogens (tertiary/aromatic N) is 4. The first-order valence-corrected chi connectivity index (χ1v) is 14.0. The molecule has 40 heavy (non-hydrogen) atoms. The number of nitrogens with two attached hydrogens (primary N) is 2. The number of carbonyl (C=O) groups is 2. The number of imidazole rings is 1. The van der Waals surface area contributed by atoms with Crippen LogP contribution in [0.15, 0.2) is 42.7 Å². The molecule has 1 saturated carbocycles. The lowest BCUT2D eigenvalue weighted by Gasteiger charge is -2.43. The van der Waals surface area contributed by atoms with Crippen LogP contribution < -0.4 is 21.7 Å². The van der Waals surface area contributed by atoms with Crippen molar-refractivity contribution in [1.82, 2.24) is 19.9 Å². The predicted molar refractivity (Wildman–Crippen MR) is 153 cm³/mol. The third-order valence-corrected chi connectivity index (χ3v) is 8.51. The van der Waals surface area contributed by atoms with Crippen molar-refractivity contribution in [3.05, 3.63) is 54.1 Å². The van der Waals surface area contributed by atoms with Crippen LogP contribution in [-0.2, 0) is 20.9 Å². The molecule has 1 amide bonds. The van der Waals surface area contributed by atoms with Crippen LogP contribution in [0.2, 0.25) is 0 Å². The van der Waals surface area contributed by atoms with E-state index in [1.807, 2.05) is 16.7 Å². The van der Waals surface area contributed by atoms with Crippen LogP contribution in [0.5, 0.6) is 0 Å². The number of benzene rings is 1. The van der Waals surface area contributed by atoms with E-state index in [-0.39, 0.29) is 30.3 Å². The molecule has 0 radical (unpaired) electrons. The zero-order valence-corrected chi connectivity index (χ0v) is 22.9. The molecule has 3 aromatic rings. The van der Waals surface area contributed by atoms with Crippen molar-refractivity contribution in [3.63, 3.8) is 0 Å². The zero-order valence-electron chi connectivity index (χ0n) is 22.9. The highest BCUT2D eigenvalue weighted by Gasteiger charge is 2.49. The van der Waals surface area contributed by atoms with E-state index < -0.39 is 11.5 Å². The summed E-state index contributed by atoms with van der Waals surface area (Å²) >= 11 is 0. The maximum atomic E-state index is 13.4. The second-order valence-corrected chi connectivity index (χ2v) is 10.9. The molecule has 6 N–H and O–H groups in total. The van der Waals surface area contributed by atoms with E-state index >= 15 is 0 Å². The van der Waals surface area contributed by atoms with Crippen molar-refractivity contribution in [2.24, 2.45) is 16.9 Å². The van der Waals surface area contributed by atoms with Gasteiger partial charge in [-0.3, -0.25) is 20.0 Å². The van der Waals surface area contributed by atoms with E-state index in [9.17, 15) is 9.59 Å². The molecule has 1 saturated heterocycles. The van der Waals surface area contributed by atoms with Gasteiger partial charge in [-0.15, -0.1) is 0 Å². The van der Waals surface area contributed by atoms with Gasteiger partial charge in [-0.1, -0.05) is 19.3 Å². The molecule has 11 nitrogen and oxygen atoms in total. The van der Waals surface area contributed by atoms with E-state index in [1.165, 1.54) is 13.5 Å². The summed E-state index contributed by atoms with van der Waals surface area (Å²) in [4.78, 5) is 37.8. The summed E-state index contributed by atoms with van der Waals surface area (Å²) in [6, 6.07) is 8.50. The Hall–Kier alpha value is -3.99. The number of methoxy groups -OCH3 is 1. The molecule has 5 rings (SSSR count). The Bertz CT molecular complexity index is 1370. The average molecular weight is 547 g/mol. The normalized spacial score (nSPS) is 18.3. The molecular weight excluding hydrogens is 508 g/mol. The number of aromatic nitrogens is 3. The van der Waals surface area contributed by atoms with Crippen LogP contribution in [-0.4, -0.2) is 58.5 Å². The van der Waals surface area contributed by atoms with Gasteiger partial charge in [0, 0.05) is 42.8 Å². The first kappa shape index (κ1) is 27.6. The number of amidine groups is 1. The highest BCUT2D eigenvalue weighted by Crippen LogP contribution is 2.44. The second kappa shape index (κ2) is 11.6. The van der Waals surface area contributed by atoms with Crippen LogP contribution in [0.4, 0.5) is 5.69 Å². The zero-order chi connectivity index (χ0) is 28.3. The fourth-order valence-corrected chi connectivity index (χ4v) is 6.19. The molecule has 2 fully saturated rings. The summed E-state index contributed by atoms with van der Waals surface area (Å²) < 4.78 is 7.12.